The Bertz CT molecular complexity index is 1330. The Morgan fingerprint density at radius 2 is 1.76 bits per heavy atom. The molecule has 1 heterocycles. The first-order chi connectivity index (χ1) is 19.7. The van der Waals surface area contributed by atoms with Gasteiger partial charge in [-0.2, -0.15) is 0 Å². The van der Waals surface area contributed by atoms with Crippen LogP contribution in [0.25, 0.3) is 0 Å². The van der Waals surface area contributed by atoms with Gasteiger partial charge >= 0.3 is 0 Å². The lowest BCUT2D eigenvalue weighted by Crippen LogP contribution is -2.41. The largest absolute Gasteiger partial charge is 0.391 e. The van der Waals surface area contributed by atoms with Crippen LogP contribution in [0, 0.1) is 11.6 Å². The maximum Gasteiger partial charge on any atom is 0.252 e. The Morgan fingerprint density at radius 3 is 2.41 bits per heavy atom. The van der Waals surface area contributed by atoms with E-state index in [0.717, 1.165) is 18.1 Å². The fourth-order valence-corrected chi connectivity index (χ4v) is 5.54. The summed E-state index contributed by atoms with van der Waals surface area (Å²) in [6.45, 7) is 4.94. The summed E-state index contributed by atoms with van der Waals surface area (Å²) in [6.07, 6.45) is 0.0230. The van der Waals surface area contributed by atoms with Crippen molar-refractivity contribution in [3.05, 3.63) is 106 Å². The maximum atomic E-state index is 14.2. The van der Waals surface area contributed by atoms with Crippen molar-refractivity contribution < 1.29 is 28.2 Å². The monoisotopic (exact) mass is 565 g/mol. The quantitative estimate of drug-likeness (QED) is 0.260. The third-order valence-corrected chi connectivity index (χ3v) is 7.52. The summed E-state index contributed by atoms with van der Waals surface area (Å²) >= 11 is 0. The zero-order chi connectivity index (χ0) is 29.5. The minimum Gasteiger partial charge on any atom is -0.391 e. The number of ether oxygens (including phenoxy) is 1. The number of aliphatic hydroxyl groups excluding tert-OH is 1. The molecular weight excluding hydrogens is 528 g/mol. The van der Waals surface area contributed by atoms with Gasteiger partial charge in [0.05, 0.1) is 18.2 Å². The van der Waals surface area contributed by atoms with Crippen LogP contribution in [0.3, 0.4) is 0 Å². The molecule has 1 aliphatic rings. The van der Waals surface area contributed by atoms with E-state index in [9.17, 15) is 23.5 Å². The van der Waals surface area contributed by atoms with E-state index >= 15 is 0 Å². The first kappa shape index (κ1) is 30.3. The van der Waals surface area contributed by atoms with Crippen LogP contribution >= 0.6 is 0 Å². The predicted octanol–water partition coefficient (Wildman–Crippen LogP) is 4.40. The Morgan fingerprint density at radius 1 is 1.07 bits per heavy atom. The smallest absolute Gasteiger partial charge is 0.252 e. The van der Waals surface area contributed by atoms with Crippen molar-refractivity contribution in [3.8, 4) is 0 Å². The number of carbonyl (C=O) groups is 2. The number of hydrogen-bond acceptors (Lipinski definition) is 5. The van der Waals surface area contributed by atoms with Gasteiger partial charge in [-0.25, -0.2) is 8.78 Å². The SMILES string of the molecule is CCCO[C@H]1CN[C@@H]([C@H](O)[C@@H](Cc2cc(F)cc(F)c2)c2c(C(N)=O)cccc2C(=O)NC(C)c2ccccc2)C1. The number of amides is 2. The molecule has 1 fully saturated rings. The Kier molecular flexibility index (Phi) is 10.2. The summed E-state index contributed by atoms with van der Waals surface area (Å²) in [6, 6.07) is 16.3. The van der Waals surface area contributed by atoms with E-state index in [1.165, 1.54) is 18.2 Å². The van der Waals surface area contributed by atoms with Crippen LogP contribution in [0.15, 0.2) is 66.7 Å². The average molecular weight is 566 g/mol. The number of primary amides is 1. The zero-order valence-corrected chi connectivity index (χ0v) is 23.3. The van der Waals surface area contributed by atoms with Crippen LogP contribution in [0.4, 0.5) is 8.78 Å². The second-order valence-corrected chi connectivity index (χ2v) is 10.6. The van der Waals surface area contributed by atoms with Crippen molar-refractivity contribution in [1.29, 1.82) is 0 Å². The highest BCUT2D eigenvalue weighted by Gasteiger charge is 2.38. The second kappa shape index (κ2) is 13.8. The van der Waals surface area contributed by atoms with Gasteiger partial charge in [-0.1, -0.05) is 43.3 Å². The molecule has 0 aromatic heterocycles. The van der Waals surface area contributed by atoms with Crippen LogP contribution in [0.5, 0.6) is 0 Å². The highest BCUT2D eigenvalue weighted by Crippen LogP contribution is 2.34. The lowest BCUT2D eigenvalue weighted by Gasteiger charge is -2.31. The molecule has 0 aliphatic carbocycles. The summed E-state index contributed by atoms with van der Waals surface area (Å²) in [5.74, 6) is -3.69. The van der Waals surface area contributed by atoms with Gasteiger partial charge in [-0.15, -0.1) is 0 Å². The fraction of sp³-hybridized carbons (Fsp3) is 0.375. The third kappa shape index (κ3) is 7.55. The summed E-state index contributed by atoms with van der Waals surface area (Å²) in [5, 5.41) is 18.0. The zero-order valence-electron chi connectivity index (χ0n) is 23.3. The summed E-state index contributed by atoms with van der Waals surface area (Å²) in [5.41, 5.74) is 7.37. The van der Waals surface area contributed by atoms with Crippen molar-refractivity contribution in [2.24, 2.45) is 5.73 Å². The number of carbonyl (C=O) groups excluding carboxylic acids is 2. The van der Waals surface area contributed by atoms with Gasteiger partial charge in [0, 0.05) is 42.3 Å². The van der Waals surface area contributed by atoms with E-state index in [1.54, 1.807) is 12.1 Å². The molecule has 0 radical (unpaired) electrons. The van der Waals surface area contributed by atoms with Crippen LogP contribution < -0.4 is 16.4 Å². The highest BCUT2D eigenvalue weighted by molar-refractivity contribution is 6.02. The van der Waals surface area contributed by atoms with Crippen LogP contribution in [0.1, 0.15) is 76.1 Å². The molecule has 218 valence electrons. The topological polar surface area (TPSA) is 114 Å². The van der Waals surface area contributed by atoms with Crippen LogP contribution in [0.2, 0.25) is 0 Å². The molecule has 0 saturated carbocycles. The van der Waals surface area contributed by atoms with E-state index in [0.29, 0.717) is 19.6 Å². The van der Waals surface area contributed by atoms with Crippen LogP contribution in [-0.2, 0) is 11.2 Å². The molecule has 3 aromatic carbocycles. The van der Waals surface area contributed by atoms with Crippen molar-refractivity contribution in [2.45, 2.75) is 63.3 Å². The molecule has 1 saturated heterocycles. The van der Waals surface area contributed by atoms with Gasteiger partial charge in [0.25, 0.3) is 5.91 Å². The first-order valence-electron chi connectivity index (χ1n) is 13.9. The lowest BCUT2D eigenvalue weighted by molar-refractivity contribution is 0.0550. The molecule has 3 aromatic rings. The lowest BCUT2D eigenvalue weighted by atomic mass is 9.79. The first-order valence-corrected chi connectivity index (χ1v) is 13.9. The number of benzene rings is 3. The van der Waals surface area contributed by atoms with Gasteiger partial charge in [0.2, 0.25) is 5.91 Å². The molecule has 5 atom stereocenters. The van der Waals surface area contributed by atoms with Gasteiger partial charge in [0.1, 0.15) is 11.6 Å². The molecule has 5 N–H and O–H groups in total. The molecule has 7 nitrogen and oxygen atoms in total. The fourth-order valence-electron chi connectivity index (χ4n) is 5.54. The van der Waals surface area contributed by atoms with E-state index in [4.69, 9.17) is 10.5 Å². The van der Waals surface area contributed by atoms with Crippen molar-refractivity contribution in [2.75, 3.05) is 13.2 Å². The molecular formula is C32H37F2N3O4. The van der Waals surface area contributed by atoms with E-state index < -0.39 is 41.5 Å². The molecule has 0 bridgehead atoms. The molecule has 9 heteroatoms. The van der Waals surface area contributed by atoms with Gasteiger partial charge in [-0.3, -0.25) is 9.59 Å². The Hall–Kier alpha value is -3.66. The Balaban J connectivity index is 1.75. The van der Waals surface area contributed by atoms with Crippen LogP contribution in [-0.4, -0.2) is 48.3 Å². The predicted molar refractivity (Wildman–Crippen MR) is 153 cm³/mol. The van der Waals surface area contributed by atoms with Gasteiger partial charge < -0.3 is 26.2 Å². The number of aliphatic hydroxyl groups is 1. The van der Waals surface area contributed by atoms with Crippen molar-refractivity contribution >= 4 is 11.8 Å². The molecule has 2 amide bonds. The van der Waals surface area contributed by atoms with Gasteiger partial charge in [0.15, 0.2) is 0 Å². The molecule has 1 unspecified atom stereocenters. The number of nitrogens with two attached hydrogens (primary N) is 1. The maximum absolute atomic E-state index is 14.2. The number of nitrogens with one attached hydrogen (secondary N) is 2. The minimum atomic E-state index is -1.14. The molecule has 0 spiro atoms. The minimum absolute atomic E-state index is 0.0483. The normalized spacial score (nSPS) is 19.0. The number of hydrogen-bond donors (Lipinski definition) is 4. The van der Waals surface area contributed by atoms with E-state index in [-0.39, 0.29) is 40.8 Å². The van der Waals surface area contributed by atoms with Crippen molar-refractivity contribution in [3.63, 3.8) is 0 Å². The summed E-state index contributed by atoms with van der Waals surface area (Å²) < 4.78 is 34.3. The molecule has 1 aliphatic heterocycles. The third-order valence-electron chi connectivity index (χ3n) is 7.52. The summed E-state index contributed by atoms with van der Waals surface area (Å²) in [4.78, 5) is 26.4. The second-order valence-electron chi connectivity index (χ2n) is 10.6. The Labute approximate surface area is 239 Å². The van der Waals surface area contributed by atoms with E-state index in [1.807, 2.05) is 44.2 Å². The standard InChI is InChI=1S/C32H37F2N3O4/c1-3-12-41-24-17-28(36-18-24)30(38)27(15-20-13-22(33)16-23(34)14-20)29-25(31(35)39)10-7-11-26(29)32(40)37-19(2)21-8-5-4-6-9-21/h4-11,13-14,16,19,24,27-28,30,36,38H,3,12,15,17-18H2,1-2H3,(H2,35,39)(H,37,40)/t19?,24-,27+,28-,30-/m1/s1. The van der Waals surface area contributed by atoms with Crippen molar-refractivity contribution in [1.82, 2.24) is 10.6 Å². The highest BCUT2D eigenvalue weighted by atomic mass is 19.1. The molecule has 4 rings (SSSR count). The summed E-state index contributed by atoms with van der Waals surface area (Å²) in [7, 11) is 0. The molecule has 41 heavy (non-hydrogen) atoms. The van der Waals surface area contributed by atoms with Gasteiger partial charge in [-0.05, 0) is 67.1 Å². The number of rotatable bonds is 12. The average Bonchev–Trinajstić information content (AvgIpc) is 3.43. The number of halogens is 2. The van der Waals surface area contributed by atoms with E-state index in [2.05, 4.69) is 10.6 Å².